The minimum Gasteiger partial charge on any atom is -0.444 e. The molecule has 0 aromatic carbocycles. The van der Waals surface area contributed by atoms with Crippen molar-refractivity contribution in [1.82, 2.24) is 19.6 Å². The summed E-state index contributed by atoms with van der Waals surface area (Å²) in [4.78, 5) is 16.3. The SMILES string of the molecule is CC(C)(C)OC(=O)N1CCN(Cc2cn(COCC[Si](C)(C)C)nc2I)CC1. The van der Waals surface area contributed by atoms with Crippen LogP contribution in [0.25, 0.3) is 0 Å². The predicted molar refractivity (Wildman–Crippen MR) is 122 cm³/mol. The van der Waals surface area contributed by atoms with Gasteiger partial charge in [-0.15, -0.1) is 0 Å². The van der Waals surface area contributed by atoms with Crippen molar-refractivity contribution < 1.29 is 14.3 Å². The first-order valence-electron chi connectivity index (χ1n) is 9.93. The van der Waals surface area contributed by atoms with Gasteiger partial charge in [0.2, 0.25) is 0 Å². The molecule has 0 radical (unpaired) electrons. The van der Waals surface area contributed by atoms with Crippen LogP contribution in [0.2, 0.25) is 25.7 Å². The van der Waals surface area contributed by atoms with Crippen LogP contribution in [0.5, 0.6) is 0 Å². The monoisotopic (exact) mass is 522 g/mol. The fourth-order valence-electron chi connectivity index (χ4n) is 2.80. The van der Waals surface area contributed by atoms with Gasteiger partial charge in [0, 0.05) is 59.2 Å². The summed E-state index contributed by atoms with van der Waals surface area (Å²) in [7, 11) is -1.06. The molecule has 0 bridgehead atoms. The number of rotatable bonds is 7. The lowest BCUT2D eigenvalue weighted by atomic mass is 10.2. The largest absolute Gasteiger partial charge is 0.444 e. The Labute approximate surface area is 183 Å². The molecule has 1 fully saturated rings. The first-order valence-corrected chi connectivity index (χ1v) is 14.7. The van der Waals surface area contributed by atoms with Gasteiger partial charge in [-0.2, -0.15) is 5.10 Å². The number of aromatic nitrogens is 2. The van der Waals surface area contributed by atoms with Gasteiger partial charge >= 0.3 is 6.09 Å². The Kier molecular flexibility index (Phi) is 8.35. The molecule has 0 atom stereocenters. The fourth-order valence-corrected chi connectivity index (χ4v) is 4.15. The third kappa shape index (κ3) is 8.38. The van der Waals surface area contributed by atoms with E-state index in [1.54, 1.807) is 4.90 Å². The second-order valence-electron chi connectivity index (χ2n) is 9.58. The van der Waals surface area contributed by atoms with Crippen LogP contribution in [0.15, 0.2) is 6.20 Å². The van der Waals surface area contributed by atoms with Gasteiger partial charge in [-0.05, 0) is 49.4 Å². The molecule has 9 heteroatoms. The van der Waals surface area contributed by atoms with Crippen LogP contribution in [-0.2, 0) is 22.7 Å². The first-order chi connectivity index (χ1) is 12.9. The molecule has 1 amide bonds. The summed E-state index contributed by atoms with van der Waals surface area (Å²) in [6, 6.07) is 1.17. The molecular formula is C19H35IN4O3Si. The van der Waals surface area contributed by atoms with Gasteiger partial charge in [-0.25, -0.2) is 9.48 Å². The Morgan fingerprint density at radius 3 is 2.43 bits per heavy atom. The lowest BCUT2D eigenvalue weighted by Gasteiger charge is -2.35. The van der Waals surface area contributed by atoms with Crippen molar-refractivity contribution in [2.45, 2.75) is 65.3 Å². The van der Waals surface area contributed by atoms with Crippen molar-refractivity contribution in [3.8, 4) is 0 Å². The Balaban J connectivity index is 1.77. The van der Waals surface area contributed by atoms with Crippen LogP contribution in [0.3, 0.4) is 0 Å². The maximum atomic E-state index is 12.2. The van der Waals surface area contributed by atoms with E-state index in [4.69, 9.17) is 9.47 Å². The van der Waals surface area contributed by atoms with E-state index in [0.29, 0.717) is 19.8 Å². The Morgan fingerprint density at radius 1 is 1.21 bits per heavy atom. The zero-order chi connectivity index (χ0) is 20.9. The summed E-state index contributed by atoms with van der Waals surface area (Å²) < 4.78 is 14.2. The average Bonchev–Trinajstić information content (AvgIpc) is 2.89. The maximum absolute atomic E-state index is 12.2. The van der Waals surface area contributed by atoms with E-state index in [0.717, 1.165) is 29.9 Å². The van der Waals surface area contributed by atoms with Crippen molar-refractivity contribution in [2.75, 3.05) is 32.8 Å². The number of piperazine rings is 1. The van der Waals surface area contributed by atoms with Crippen LogP contribution in [0, 0.1) is 3.70 Å². The molecule has 0 N–H and O–H groups in total. The van der Waals surface area contributed by atoms with E-state index in [1.807, 2.05) is 25.5 Å². The topological polar surface area (TPSA) is 59.8 Å². The molecule has 1 saturated heterocycles. The Bertz CT molecular complexity index is 647. The van der Waals surface area contributed by atoms with E-state index in [9.17, 15) is 4.79 Å². The van der Waals surface area contributed by atoms with E-state index >= 15 is 0 Å². The number of ether oxygens (including phenoxy) is 2. The molecule has 28 heavy (non-hydrogen) atoms. The second kappa shape index (κ2) is 9.90. The van der Waals surface area contributed by atoms with Gasteiger partial charge in [0.25, 0.3) is 0 Å². The molecule has 0 unspecified atom stereocenters. The second-order valence-corrected chi connectivity index (χ2v) is 16.2. The van der Waals surface area contributed by atoms with Crippen LogP contribution in [-0.4, -0.2) is 72.1 Å². The van der Waals surface area contributed by atoms with Gasteiger partial charge in [-0.3, -0.25) is 4.90 Å². The smallest absolute Gasteiger partial charge is 0.410 e. The minimum absolute atomic E-state index is 0.218. The summed E-state index contributed by atoms with van der Waals surface area (Å²) in [5, 5.41) is 4.57. The highest BCUT2D eigenvalue weighted by atomic mass is 127. The molecule has 0 spiro atoms. The number of nitrogens with zero attached hydrogens (tertiary/aromatic N) is 4. The van der Waals surface area contributed by atoms with Crippen molar-refractivity contribution in [3.05, 3.63) is 15.5 Å². The van der Waals surface area contributed by atoms with Crippen LogP contribution in [0.1, 0.15) is 26.3 Å². The number of hydrogen-bond donors (Lipinski definition) is 0. The molecule has 0 aliphatic carbocycles. The molecule has 1 aromatic rings. The van der Waals surface area contributed by atoms with Gasteiger partial charge in [0.05, 0.1) is 0 Å². The summed E-state index contributed by atoms with van der Waals surface area (Å²) in [5.41, 5.74) is 0.760. The van der Waals surface area contributed by atoms with Crippen LogP contribution < -0.4 is 0 Å². The van der Waals surface area contributed by atoms with E-state index in [2.05, 4.69) is 58.4 Å². The standard InChI is InChI=1S/C19H35IN4O3Si/c1-19(2,3)27-18(25)23-9-7-22(8-10-23)13-16-14-24(21-17(16)20)15-26-11-12-28(4,5)6/h14H,7-13,15H2,1-6H3. The molecular weight excluding hydrogens is 487 g/mol. The van der Waals surface area contributed by atoms with Crippen molar-refractivity contribution in [3.63, 3.8) is 0 Å². The quantitative estimate of drug-likeness (QED) is 0.309. The van der Waals surface area contributed by atoms with Crippen molar-refractivity contribution >= 4 is 36.8 Å². The number of amides is 1. The van der Waals surface area contributed by atoms with E-state index in [-0.39, 0.29) is 6.09 Å². The van der Waals surface area contributed by atoms with Gasteiger partial charge in [-0.1, -0.05) is 19.6 Å². The predicted octanol–water partition coefficient (Wildman–Crippen LogP) is 3.85. The van der Waals surface area contributed by atoms with Crippen molar-refractivity contribution in [1.29, 1.82) is 0 Å². The maximum Gasteiger partial charge on any atom is 0.410 e. The van der Waals surface area contributed by atoms with Crippen molar-refractivity contribution in [2.24, 2.45) is 0 Å². The molecule has 1 aromatic heterocycles. The Hall–Kier alpha value is -0.653. The Morgan fingerprint density at radius 2 is 1.86 bits per heavy atom. The van der Waals surface area contributed by atoms with E-state index in [1.165, 1.54) is 11.6 Å². The van der Waals surface area contributed by atoms with Gasteiger partial charge in [0.1, 0.15) is 16.0 Å². The highest BCUT2D eigenvalue weighted by Crippen LogP contribution is 2.16. The zero-order valence-corrected chi connectivity index (χ0v) is 21.3. The molecule has 160 valence electrons. The first kappa shape index (κ1) is 23.6. The minimum atomic E-state index is -1.06. The number of halogens is 1. The van der Waals surface area contributed by atoms with Gasteiger partial charge < -0.3 is 14.4 Å². The summed E-state index contributed by atoms with van der Waals surface area (Å²) >= 11 is 2.29. The molecule has 2 rings (SSSR count). The normalized spacial score (nSPS) is 16.5. The number of hydrogen-bond acceptors (Lipinski definition) is 5. The zero-order valence-electron chi connectivity index (χ0n) is 18.1. The summed E-state index contributed by atoms with van der Waals surface area (Å²) in [6.07, 6.45) is 1.86. The highest BCUT2D eigenvalue weighted by Gasteiger charge is 2.26. The van der Waals surface area contributed by atoms with Crippen LogP contribution in [0.4, 0.5) is 4.79 Å². The third-order valence-electron chi connectivity index (χ3n) is 4.42. The summed E-state index contributed by atoms with van der Waals surface area (Å²) in [5.74, 6) is 0. The van der Waals surface area contributed by atoms with Crippen LogP contribution >= 0.6 is 22.6 Å². The van der Waals surface area contributed by atoms with Gasteiger partial charge in [0.15, 0.2) is 0 Å². The fraction of sp³-hybridized carbons (Fsp3) is 0.789. The molecule has 2 heterocycles. The molecule has 7 nitrogen and oxygen atoms in total. The lowest BCUT2D eigenvalue weighted by molar-refractivity contribution is 0.0138. The lowest BCUT2D eigenvalue weighted by Crippen LogP contribution is -2.49. The molecule has 1 aliphatic heterocycles. The highest BCUT2D eigenvalue weighted by molar-refractivity contribution is 14.1. The summed E-state index contributed by atoms with van der Waals surface area (Å²) in [6.45, 7) is 18.0. The number of carbonyl (C=O) groups excluding carboxylic acids is 1. The number of carbonyl (C=O) groups is 1. The molecule has 1 aliphatic rings. The van der Waals surface area contributed by atoms with E-state index < -0.39 is 13.7 Å². The third-order valence-corrected chi connectivity index (χ3v) is 7.04. The average molecular weight is 523 g/mol. The molecule has 0 saturated carbocycles.